The van der Waals surface area contributed by atoms with Gasteiger partial charge in [0, 0.05) is 29.3 Å². The minimum absolute atomic E-state index is 0.00748. The van der Waals surface area contributed by atoms with Crippen molar-refractivity contribution in [3.63, 3.8) is 0 Å². The molecule has 0 aliphatic carbocycles. The van der Waals surface area contributed by atoms with E-state index in [0.717, 1.165) is 32.4 Å². The molecule has 0 saturated carbocycles. The van der Waals surface area contributed by atoms with Crippen LogP contribution >= 0.6 is 0 Å². The van der Waals surface area contributed by atoms with Gasteiger partial charge in [-0.3, -0.25) is 14.6 Å². The van der Waals surface area contributed by atoms with E-state index < -0.39 is 59.3 Å². The Hall–Kier alpha value is -3.42. The molecule has 3 N–H and O–H groups in total. The molecule has 0 spiro atoms. The Morgan fingerprint density at radius 2 is 1.83 bits per heavy atom. The quantitative estimate of drug-likeness (QED) is 0.598. The van der Waals surface area contributed by atoms with E-state index in [9.17, 15) is 35.9 Å². The van der Waals surface area contributed by atoms with Crippen molar-refractivity contribution >= 4 is 17.5 Å². The number of nitrogens with zero attached hydrogens (tertiary/aromatic N) is 2. The average molecular weight is 506 g/mol. The molecule has 2 amide bonds. The van der Waals surface area contributed by atoms with Gasteiger partial charge in [-0.1, -0.05) is 13.0 Å². The zero-order valence-electron chi connectivity index (χ0n) is 18.5. The van der Waals surface area contributed by atoms with E-state index in [1.54, 1.807) is 0 Å². The summed E-state index contributed by atoms with van der Waals surface area (Å²) >= 11 is 0. The second-order valence-corrected chi connectivity index (χ2v) is 8.03. The Morgan fingerprint density at radius 3 is 2.37 bits per heavy atom. The summed E-state index contributed by atoms with van der Waals surface area (Å²) in [5.74, 6) is -5.38. The number of halogens is 6. The molecule has 1 aliphatic rings. The smallest absolute Gasteiger partial charge is 0.433 e. The predicted molar refractivity (Wildman–Crippen MR) is 108 cm³/mol. The average Bonchev–Trinajstić information content (AvgIpc) is 3.04. The maximum Gasteiger partial charge on any atom is 0.433 e. The van der Waals surface area contributed by atoms with Crippen LogP contribution in [0.5, 0.6) is 5.88 Å². The number of methoxy groups -OCH3 is 1. The van der Waals surface area contributed by atoms with Gasteiger partial charge in [0.25, 0.3) is 11.8 Å². The molecule has 1 saturated heterocycles. The molecule has 35 heavy (non-hydrogen) atoms. The van der Waals surface area contributed by atoms with E-state index in [2.05, 4.69) is 15.3 Å². The molecule has 1 aliphatic heterocycles. The zero-order chi connectivity index (χ0) is 26.3. The number of aromatic nitrogens is 2. The molecule has 4 atom stereocenters. The topological polar surface area (TPSA) is 116 Å². The molecule has 2 aromatic heterocycles. The largest absolute Gasteiger partial charge is 0.481 e. The molecule has 0 unspecified atom stereocenters. The number of rotatable bonds is 5. The van der Waals surface area contributed by atoms with Crippen LogP contribution < -0.4 is 15.8 Å². The number of ether oxygens (including phenoxy) is 2. The number of primary amides is 1. The molecular formula is C21H20F6N4O4. The Balaban J connectivity index is 2.07. The highest BCUT2D eigenvalue weighted by Gasteiger charge is 2.66. The minimum Gasteiger partial charge on any atom is -0.481 e. The first-order chi connectivity index (χ1) is 16.1. The van der Waals surface area contributed by atoms with Crippen molar-refractivity contribution in [1.82, 2.24) is 9.97 Å². The Bertz CT molecular complexity index is 1140. The Kier molecular flexibility index (Phi) is 6.72. The van der Waals surface area contributed by atoms with Crippen molar-refractivity contribution in [3.8, 4) is 5.88 Å². The van der Waals surface area contributed by atoms with E-state index in [1.165, 1.54) is 13.0 Å². The molecule has 3 heterocycles. The van der Waals surface area contributed by atoms with Crippen molar-refractivity contribution in [2.75, 3.05) is 12.4 Å². The summed E-state index contributed by atoms with van der Waals surface area (Å²) in [6.07, 6.45) is -10.4. The van der Waals surface area contributed by atoms with E-state index in [-0.39, 0.29) is 16.9 Å². The zero-order valence-corrected chi connectivity index (χ0v) is 18.5. The first-order valence-corrected chi connectivity index (χ1v) is 10.0. The standard InChI is InChI=1S/C21H20F6N4O4/c1-9-14(11-4-5-13(20(22,23)24)31-18(11)34-3)15(35-19(9,2)21(25,26)27)17(33)30-10-6-7-29-12(8-10)16(28)32/h4-9,14-15H,1-3H3,(H2,28,32)(H,29,30,33)/t9-,14-,15-,19-/m1/s1. The third kappa shape index (κ3) is 4.88. The van der Waals surface area contributed by atoms with Gasteiger partial charge >= 0.3 is 12.4 Å². The number of amides is 2. The summed E-state index contributed by atoms with van der Waals surface area (Å²) in [5, 5.41) is 2.34. The van der Waals surface area contributed by atoms with Crippen LogP contribution in [0.2, 0.25) is 0 Å². The first kappa shape index (κ1) is 26.2. The number of hydrogen-bond acceptors (Lipinski definition) is 6. The maximum absolute atomic E-state index is 14.0. The highest BCUT2D eigenvalue weighted by Crippen LogP contribution is 2.54. The van der Waals surface area contributed by atoms with E-state index in [4.69, 9.17) is 15.2 Å². The van der Waals surface area contributed by atoms with Crippen LogP contribution in [0.1, 0.15) is 41.5 Å². The third-order valence-electron chi connectivity index (χ3n) is 5.94. The fraction of sp³-hybridized carbons (Fsp3) is 0.429. The van der Waals surface area contributed by atoms with Gasteiger partial charge in [0.15, 0.2) is 5.60 Å². The van der Waals surface area contributed by atoms with Crippen LogP contribution in [-0.4, -0.2) is 46.8 Å². The van der Waals surface area contributed by atoms with Crippen LogP contribution in [0.4, 0.5) is 32.0 Å². The lowest BCUT2D eigenvalue weighted by Gasteiger charge is -2.31. The van der Waals surface area contributed by atoms with Crippen molar-refractivity contribution in [3.05, 3.63) is 47.4 Å². The molecule has 3 rings (SSSR count). The van der Waals surface area contributed by atoms with Gasteiger partial charge < -0.3 is 20.5 Å². The van der Waals surface area contributed by atoms with Gasteiger partial charge in [-0.05, 0) is 25.1 Å². The second kappa shape index (κ2) is 8.98. The fourth-order valence-electron chi connectivity index (χ4n) is 3.91. The van der Waals surface area contributed by atoms with E-state index in [0.29, 0.717) is 6.07 Å². The lowest BCUT2D eigenvalue weighted by Crippen LogP contribution is -2.47. The van der Waals surface area contributed by atoms with Crippen molar-refractivity contribution in [1.29, 1.82) is 0 Å². The normalized spacial score (nSPS) is 24.8. The number of carbonyl (C=O) groups is 2. The summed E-state index contributed by atoms with van der Waals surface area (Å²) in [4.78, 5) is 31.5. The van der Waals surface area contributed by atoms with Gasteiger partial charge in [-0.25, -0.2) is 4.98 Å². The number of carbonyl (C=O) groups excluding carboxylic acids is 2. The first-order valence-electron chi connectivity index (χ1n) is 10.0. The van der Waals surface area contributed by atoms with E-state index in [1.807, 2.05) is 0 Å². The number of alkyl halides is 6. The summed E-state index contributed by atoms with van der Waals surface area (Å²) < 4.78 is 91.5. The highest BCUT2D eigenvalue weighted by atomic mass is 19.4. The van der Waals surface area contributed by atoms with Crippen LogP contribution in [0.3, 0.4) is 0 Å². The summed E-state index contributed by atoms with van der Waals surface area (Å²) in [7, 11) is 1.01. The number of nitrogens with one attached hydrogen (secondary N) is 1. The lowest BCUT2D eigenvalue weighted by atomic mass is 9.77. The van der Waals surface area contributed by atoms with Crippen molar-refractivity contribution in [2.45, 2.75) is 43.8 Å². The molecule has 0 radical (unpaired) electrons. The molecule has 2 aromatic rings. The van der Waals surface area contributed by atoms with Gasteiger partial charge in [0.2, 0.25) is 5.88 Å². The fourth-order valence-corrected chi connectivity index (χ4v) is 3.91. The predicted octanol–water partition coefficient (Wildman–Crippen LogP) is 3.68. The molecule has 14 heteroatoms. The van der Waals surface area contributed by atoms with Crippen LogP contribution in [0.25, 0.3) is 0 Å². The molecular weight excluding hydrogens is 486 g/mol. The molecule has 0 bridgehead atoms. The summed E-state index contributed by atoms with van der Waals surface area (Å²) in [6, 6.07) is 3.88. The van der Waals surface area contributed by atoms with Crippen LogP contribution in [0, 0.1) is 5.92 Å². The minimum atomic E-state index is -4.93. The SMILES string of the molecule is COc1nc(C(F)(F)F)ccc1[C@H]1[C@@H](C)[C@](C)(C(F)(F)F)O[C@H]1C(=O)Nc1ccnc(C(N)=O)c1. The Morgan fingerprint density at radius 1 is 1.17 bits per heavy atom. The Labute approximate surface area is 194 Å². The molecule has 1 fully saturated rings. The summed E-state index contributed by atoms with van der Waals surface area (Å²) in [5.41, 5.74) is 0.602. The number of pyridine rings is 2. The van der Waals surface area contributed by atoms with Gasteiger partial charge in [-0.2, -0.15) is 26.3 Å². The monoisotopic (exact) mass is 506 g/mol. The molecule has 8 nitrogen and oxygen atoms in total. The van der Waals surface area contributed by atoms with Gasteiger partial charge in [0.05, 0.1) is 7.11 Å². The van der Waals surface area contributed by atoms with Crippen LogP contribution in [0.15, 0.2) is 30.5 Å². The maximum atomic E-state index is 14.0. The van der Waals surface area contributed by atoms with Crippen molar-refractivity contribution in [2.24, 2.45) is 11.7 Å². The molecule has 190 valence electrons. The number of hydrogen-bond donors (Lipinski definition) is 2. The van der Waals surface area contributed by atoms with Gasteiger partial charge in [0.1, 0.15) is 17.5 Å². The van der Waals surface area contributed by atoms with Crippen LogP contribution in [-0.2, 0) is 15.7 Å². The number of nitrogens with two attached hydrogens (primary N) is 1. The number of anilines is 1. The highest BCUT2D eigenvalue weighted by molar-refractivity contribution is 5.97. The summed E-state index contributed by atoms with van der Waals surface area (Å²) in [6.45, 7) is 1.92. The lowest BCUT2D eigenvalue weighted by molar-refractivity contribution is -0.272. The van der Waals surface area contributed by atoms with Gasteiger partial charge in [-0.15, -0.1) is 0 Å². The molecule has 0 aromatic carbocycles. The van der Waals surface area contributed by atoms with E-state index >= 15 is 0 Å². The third-order valence-corrected chi connectivity index (χ3v) is 5.94. The second-order valence-electron chi connectivity index (χ2n) is 8.03. The van der Waals surface area contributed by atoms with Crippen molar-refractivity contribution < 1.29 is 45.4 Å².